The number of fused-ring (bicyclic) bond motifs is 1. The zero-order valence-electron chi connectivity index (χ0n) is 25.9. The van der Waals surface area contributed by atoms with Crippen LogP contribution in [0, 0.1) is 5.92 Å². The largest absolute Gasteiger partial charge is 0.435 e. The number of carbonyl (C=O) groups excluding carboxylic acids is 1. The summed E-state index contributed by atoms with van der Waals surface area (Å²) >= 11 is 0. The van der Waals surface area contributed by atoms with Crippen LogP contribution in [-0.2, 0) is 20.2 Å². The molecule has 0 bridgehead atoms. The third-order valence-corrected chi connectivity index (χ3v) is 9.23. The number of nitrogens with zero attached hydrogens (tertiary/aromatic N) is 4. The topological polar surface area (TPSA) is 85.3 Å². The van der Waals surface area contributed by atoms with Gasteiger partial charge in [-0.3, -0.25) is 4.79 Å². The van der Waals surface area contributed by atoms with Crippen molar-refractivity contribution in [2.45, 2.75) is 57.0 Å². The molecule has 0 atom stereocenters. The van der Waals surface area contributed by atoms with Crippen molar-refractivity contribution in [3.8, 4) is 0 Å². The molecule has 1 N–H and O–H groups in total. The van der Waals surface area contributed by atoms with E-state index in [1.807, 2.05) is 57.1 Å². The van der Waals surface area contributed by atoms with Crippen molar-refractivity contribution in [3.63, 3.8) is 0 Å². The van der Waals surface area contributed by atoms with Crippen molar-refractivity contribution in [2.24, 2.45) is 11.0 Å². The molecule has 238 valence electrons. The quantitative estimate of drug-likeness (QED) is 0.249. The highest BCUT2D eigenvalue weighted by Gasteiger charge is 2.47. The van der Waals surface area contributed by atoms with E-state index in [1.165, 1.54) is 30.3 Å². The highest BCUT2D eigenvalue weighted by atomic mass is 32.2. The molecule has 1 amide bonds. The number of nitrogens with one attached hydrogen (secondary N) is 1. The van der Waals surface area contributed by atoms with E-state index in [1.54, 1.807) is 6.08 Å². The second-order valence-corrected chi connectivity index (χ2v) is 14.0. The molecular weight excluding hydrogens is 591 g/mol. The molecule has 2 aromatic rings. The molecule has 0 saturated heterocycles. The van der Waals surface area contributed by atoms with Gasteiger partial charge in [0.15, 0.2) is 5.71 Å². The zero-order chi connectivity index (χ0) is 32.4. The first-order valence-corrected chi connectivity index (χ1v) is 16.1. The van der Waals surface area contributed by atoms with E-state index in [2.05, 4.69) is 28.6 Å². The number of para-hydroxylation sites is 1. The summed E-state index contributed by atoms with van der Waals surface area (Å²) in [5.74, 6) is -0.534. The first kappa shape index (κ1) is 33.4. The van der Waals surface area contributed by atoms with Gasteiger partial charge < -0.3 is 9.80 Å². The van der Waals surface area contributed by atoms with E-state index in [-0.39, 0.29) is 17.1 Å². The smallest absolute Gasteiger partial charge is 0.344 e. The van der Waals surface area contributed by atoms with Crippen LogP contribution in [-0.4, -0.2) is 64.8 Å². The molecule has 0 saturated carbocycles. The van der Waals surface area contributed by atoms with E-state index < -0.39 is 38.8 Å². The molecule has 4 rings (SSSR count). The Morgan fingerprint density at radius 2 is 1.70 bits per heavy atom. The Kier molecular flexibility index (Phi) is 9.77. The van der Waals surface area contributed by atoms with Crippen molar-refractivity contribution in [1.29, 1.82) is 0 Å². The van der Waals surface area contributed by atoms with Crippen LogP contribution in [0.15, 0.2) is 82.0 Å². The molecule has 0 spiro atoms. The molecule has 2 aliphatic rings. The van der Waals surface area contributed by atoms with Crippen LogP contribution in [0.1, 0.15) is 46.1 Å². The summed E-state index contributed by atoms with van der Waals surface area (Å²) in [7, 11) is -0.0695. The van der Waals surface area contributed by atoms with Gasteiger partial charge in [-0.05, 0) is 87.4 Å². The highest BCUT2D eigenvalue weighted by molar-refractivity contribution is 7.89. The molecule has 2 aromatic carbocycles. The van der Waals surface area contributed by atoms with Gasteiger partial charge in [0.1, 0.15) is 0 Å². The van der Waals surface area contributed by atoms with Crippen molar-refractivity contribution in [1.82, 2.24) is 9.62 Å². The number of hydrogen-bond acceptors (Lipinski definition) is 6. The average Bonchev–Trinajstić information content (AvgIpc) is 3.39. The first-order chi connectivity index (χ1) is 20.5. The number of sulfonamides is 1. The van der Waals surface area contributed by atoms with Gasteiger partial charge in [-0.1, -0.05) is 45.9 Å². The molecule has 0 aromatic heterocycles. The van der Waals surface area contributed by atoms with Crippen LogP contribution in [0.5, 0.6) is 0 Å². The lowest BCUT2D eigenvalue weighted by atomic mass is 9.83. The Hall–Kier alpha value is -3.48. The van der Waals surface area contributed by atoms with Crippen LogP contribution >= 0.6 is 0 Å². The predicted octanol–water partition coefficient (Wildman–Crippen LogP) is 5.84. The molecule has 2 heterocycles. The molecular formula is C32H40F3N5O3S. The van der Waals surface area contributed by atoms with Gasteiger partial charge >= 0.3 is 6.18 Å². The van der Waals surface area contributed by atoms with Crippen molar-refractivity contribution in [3.05, 3.63) is 77.5 Å². The maximum absolute atomic E-state index is 14.2. The molecule has 8 nitrogen and oxygen atoms in total. The Balaban J connectivity index is 1.64. The van der Waals surface area contributed by atoms with E-state index in [0.717, 1.165) is 23.4 Å². The van der Waals surface area contributed by atoms with Gasteiger partial charge in [0.25, 0.3) is 5.91 Å². The fourth-order valence-electron chi connectivity index (χ4n) is 5.33. The average molecular weight is 632 g/mol. The van der Waals surface area contributed by atoms with Crippen LogP contribution < -0.4 is 14.6 Å². The minimum absolute atomic E-state index is 0.0199. The minimum Gasteiger partial charge on any atom is -0.344 e. The number of benzene rings is 2. The zero-order valence-corrected chi connectivity index (χ0v) is 26.8. The number of hydrazone groups is 1. The van der Waals surface area contributed by atoms with Gasteiger partial charge in [-0.2, -0.15) is 23.3 Å². The highest BCUT2D eigenvalue weighted by Crippen LogP contribution is 2.48. The van der Waals surface area contributed by atoms with Gasteiger partial charge in [-0.15, -0.1) is 0 Å². The Morgan fingerprint density at radius 3 is 2.32 bits per heavy atom. The Morgan fingerprint density at radius 1 is 1.05 bits per heavy atom. The number of hydrogen-bond donors (Lipinski definition) is 1. The lowest BCUT2D eigenvalue weighted by Crippen LogP contribution is -2.28. The van der Waals surface area contributed by atoms with Crippen molar-refractivity contribution in [2.75, 3.05) is 43.6 Å². The first-order valence-electron chi connectivity index (χ1n) is 14.6. The fourth-order valence-corrected chi connectivity index (χ4v) is 6.41. The lowest BCUT2D eigenvalue weighted by Gasteiger charge is -2.27. The van der Waals surface area contributed by atoms with E-state index in [4.69, 9.17) is 0 Å². The van der Waals surface area contributed by atoms with Crippen LogP contribution in [0.4, 0.5) is 24.5 Å². The molecule has 0 radical (unpaired) electrons. The minimum atomic E-state index is -4.89. The fraction of sp³-hybridized carbons (Fsp3) is 0.438. The molecule has 44 heavy (non-hydrogen) atoms. The number of allylic oxidation sites excluding steroid dienone is 3. The third kappa shape index (κ3) is 7.08. The number of amides is 1. The van der Waals surface area contributed by atoms with Gasteiger partial charge in [0, 0.05) is 29.9 Å². The molecule has 2 aliphatic heterocycles. The summed E-state index contributed by atoms with van der Waals surface area (Å²) in [4.78, 5) is 17.4. The van der Waals surface area contributed by atoms with Crippen LogP contribution in [0.25, 0.3) is 0 Å². The third-order valence-electron chi connectivity index (χ3n) is 7.75. The number of rotatable bonds is 11. The summed E-state index contributed by atoms with van der Waals surface area (Å²) in [5.41, 5.74) is 0.455. The van der Waals surface area contributed by atoms with E-state index in [9.17, 15) is 26.4 Å². The molecule has 0 aliphatic carbocycles. The number of carbonyl (C=O) groups is 1. The van der Waals surface area contributed by atoms with E-state index >= 15 is 0 Å². The SMILES string of the molecule is CC(C)CCN1/C(=C/C=C2\C(=O)N(c3ccc(S(=O)(=O)NCCCN(C)C)cc3)N=C2C(F)(F)F)C(C)(C)c2ccccc21. The Labute approximate surface area is 258 Å². The molecule has 12 heteroatoms. The maximum Gasteiger partial charge on any atom is 0.435 e. The molecule has 0 unspecified atom stereocenters. The molecule has 0 fully saturated rings. The van der Waals surface area contributed by atoms with Crippen molar-refractivity contribution < 1.29 is 26.4 Å². The lowest BCUT2D eigenvalue weighted by molar-refractivity contribution is -0.114. The summed E-state index contributed by atoms with van der Waals surface area (Å²) < 4.78 is 70.4. The summed E-state index contributed by atoms with van der Waals surface area (Å²) in [5, 5.41) is 4.32. The van der Waals surface area contributed by atoms with Gasteiger partial charge in [0.05, 0.1) is 16.2 Å². The van der Waals surface area contributed by atoms with Crippen LogP contribution in [0.2, 0.25) is 0 Å². The number of alkyl halides is 3. The second-order valence-electron chi connectivity index (χ2n) is 12.2. The predicted molar refractivity (Wildman–Crippen MR) is 168 cm³/mol. The van der Waals surface area contributed by atoms with Crippen LogP contribution in [0.3, 0.4) is 0 Å². The standard InChI is InChI=1S/C32H40F3N5O3S/c1-22(2)18-21-39-27-11-8-7-10-26(27)31(3,4)28(39)17-16-25-29(32(33,34)35)37-40(30(25)41)23-12-14-24(15-13-23)44(42,43)36-19-9-20-38(5)6/h7-8,10-17,22,36H,9,18-21H2,1-6H3/b25-16-,28-17+. The van der Waals surface area contributed by atoms with E-state index in [0.29, 0.717) is 30.4 Å². The van der Waals surface area contributed by atoms with Gasteiger partial charge in [0.2, 0.25) is 10.0 Å². The summed E-state index contributed by atoms with van der Waals surface area (Å²) in [6.45, 7) is 9.85. The summed E-state index contributed by atoms with van der Waals surface area (Å²) in [6, 6.07) is 12.9. The maximum atomic E-state index is 14.2. The van der Waals surface area contributed by atoms with Crippen molar-refractivity contribution >= 4 is 33.0 Å². The van der Waals surface area contributed by atoms with Gasteiger partial charge in [-0.25, -0.2) is 13.1 Å². The Bertz CT molecular complexity index is 1580. The number of anilines is 2. The number of halogens is 3. The monoisotopic (exact) mass is 631 g/mol. The normalized spacial score (nSPS) is 18.7. The summed E-state index contributed by atoms with van der Waals surface area (Å²) in [6.07, 6.45) is -0.615. The second kappa shape index (κ2) is 12.9.